The predicted molar refractivity (Wildman–Crippen MR) is 86.1 cm³/mol. The number of nitrogens with one attached hydrogen (secondary N) is 2. The van der Waals surface area contributed by atoms with Gasteiger partial charge in [-0.05, 0) is 43.0 Å². The second-order valence-electron chi connectivity index (χ2n) is 5.79. The lowest BCUT2D eigenvalue weighted by atomic mass is 9.90. The maximum absolute atomic E-state index is 12.3. The van der Waals surface area contributed by atoms with Crippen molar-refractivity contribution in [2.45, 2.75) is 32.1 Å². The fourth-order valence-corrected chi connectivity index (χ4v) is 3.04. The van der Waals surface area contributed by atoms with Crippen molar-refractivity contribution in [3.05, 3.63) is 24.3 Å². The van der Waals surface area contributed by atoms with E-state index in [1.54, 1.807) is 31.4 Å². The van der Waals surface area contributed by atoms with E-state index >= 15 is 0 Å². The van der Waals surface area contributed by atoms with Gasteiger partial charge in [0.05, 0.1) is 4.90 Å². The highest BCUT2D eigenvalue weighted by molar-refractivity contribution is 7.89. The number of benzene rings is 1. The molecule has 1 rings (SSSR count). The maximum atomic E-state index is 12.3. The Morgan fingerprint density at radius 2 is 1.81 bits per heavy atom. The Kier molecular flexibility index (Phi) is 6.64. The van der Waals surface area contributed by atoms with Crippen LogP contribution in [0.1, 0.15) is 27.2 Å². The van der Waals surface area contributed by atoms with Crippen molar-refractivity contribution < 1.29 is 13.2 Å². The lowest BCUT2D eigenvalue weighted by Crippen LogP contribution is -2.34. The molecule has 0 aliphatic carbocycles. The fourth-order valence-electron chi connectivity index (χ4n) is 1.80. The number of rotatable bonds is 9. The number of methoxy groups -OCH3 is 1. The molecular weight excluding hydrogens is 288 g/mol. The van der Waals surface area contributed by atoms with Gasteiger partial charge in [-0.2, -0.15) is 0 Å². The van der Waals surface area contributed by atoms with Crippen LogP contribution in [0.4, 0.5) is 5.69 Å². The third-order valence-corrected chi connectivity index (χ3v) is 4.69. The van der Waals surface area contributed by atoms with Gasteiger partial charge in [-0.1, -0.05) is 13.8 Å². The van der Waals surface area contributed by atoms with E-state index in [1.807, 2.05) is 20.8 Å². The molecule has 0 spiro atoms. The summed E-state index contributed by atoms with van der Waals surface area (Å²) >= 11 is 0. The van der Waals surface area contributed by atoms with E-state index in [-0.39, 0.29) is 10.3 Å². The minimum atomic E-state index is -3.47. The molecule has 0 saturated carbocycles. The van der Waals surface area contributed by atoms with Crippen LogP contribution in [0, 0.1) is 5.41 Å². The molecule has 0 aromatic heterocycles. The molecule has 120 valence electrons. The predicted octanol–water partition coefficient (Wildman–Crippen LogP) is 2.46. The summed E-state index contributed by atoms with van der Waals surface area (Å²) in [6, 6.07) is 6.77. The van der Waals surface area contributed by atoms with Crippen molar-refractivity contribution in [3.63, 3.8) is 0 Å². The normalized spacial score (nSPS) is 12.4. The largest absolute Gasteiger partial charge is 0.385 e. The average molecular weight is 314 g/mol. The van der Waals surface area contributed by atoms with E-state index in [0.29, 0.717) is 13.2 Å². The molecular formula is C15H26N2O3S. The number of hydrogen-bond donors (Lipinski definition) is 2. The number of hydrogen-bond acceptors (Lipinski definition) is 4. The topological polar surface area (TPSA) is 67.4 Å². The fraction of sp³-hybridized carbons (Fsp3) is 0.600. The summed E-state index contributed by atoms with van der Waals surface area (Å²) in [5, 5.41) is 3.14. The van der Waals surface area contributed by atoms with Gasteiger partial charge in [-0.3, -0.25) is 0 Å². The Balaban J connectivity index is 2.68. The highest BCUT2D eigenvalue weighted by Gasteiger charge is 2.22. The molecule has 0 aliphatic heterocycles. The number of ether oxygens (including phenoxy) is 1. The van der Waals surface area contributed by atoms with Crippen LogP contribution in [-0.2, 0) is 14.8 Å². The Morgan fingerprint density at radius 3 is 2.33 bits per heavy atom. The van der Waals surface area contributed by atoms with Gasteiger partial charge in [-0.25, -0.2) is 13.1 Å². The third kappa shape index (κ3) is 6.03. The molecule has 0 aliphatic rings. The van der Waals surface area contributed by atoms with Crippen molar-refractivity contribution >= 4 is 15.7 Å². The number of anilines is 1. The molecule has 0 saturated heterocycles. The molecule has 0 fully saturated rings. The first-order valence-electron chi connectivity index (χ1n) is 7.13. The van der Waals surface area contributed by atoms with Crippen LogP contribution in [0.2, 0.25) is 0 Å². The quantitative estimate of drug-likeness (QED) is 0.735. The molecule has 2 N–H and O–H groups in total. The molecule has 1 aromatic rings. The van der Waals surface area contributed by atoms with Gasteiger partial charge >= 0.3 is 0 Å². The molecule has 21 heavy (non-hydrogen) atoms. The summed E-state index contributed by atoms with van der Waals surface area (Å²) in [5.41, 5.74) is 0.768. The van der Waals surface area contributed by atoms with Crippen molar-refractivity contribution in [1.82, 2.24) is 4.72 Å². The van der Waals surface area contributed by atoms with Crippen LogP contribution in [0.25, 0.3) is 0 Å². The Morgan fingerprint density at radius 1 is 1.19 bits per heavy atom. The van der Waals surface area contributed by atoms with E-state index in [0.717, 1.165) is 18.7 Å². The van der Waals surface area contributed by atoms with Crippen LogP contribution < -0.4 is 10.0 Å². The summed E-state index contributed by atoms with van der Waals surface area (Å²) in [4.78, 5) is 0.284. The molecule has 0 radical (unpaired) electrons. The summed E-state index contributed by atoms with van der Waals surface area (Å²) in [7, 11) is -1.82. The zero-order valence-corrected chi connectivity index (χ0v) is 14.1. The summed E-state index contributed by atoms with van der Waals surface area (Å²) in [6.07, 6.45) is 0.797. The zero-order valence-electron chi connectivity index (χ0n) is 13.3. The van der Waals surface area contributed by atoms with Gasteiger partial charge in [-0.15, -0.1) is 0 Å². The van der Waals surface area contributed by atoms with Crippen molar-refractivity contribution in [2.24, 2.45) is 5.41 Å². The van der Waals surface area contributed by atoms with Gasteiger partial charge in [0.1, 0.15) is 0 Å². The third-order valence-electron chi connectivity index (χ3n) is 3.27. The summed E-state index contributed by atoms with van der Waals surface area (Å²) in [6.45, 7) is 7.83. The van der Waals surface area contributed by atoms with Crippen molar-refractivity contribution in [3.8, 4) is 0 Å². The highest BCUT2D eigenvalue weighted by atomic mass is 32.2. The highest BCUT2D eigenvalue weighted by Crippen LogP contribution is 2.20. The molecule has 0 amide bonds. The van der Waals surface area contributed by atoms with Gasteiger partial charge in [0.15, 0.2) is 0 Å². The van der Waals surface area contributed by atoms with E-state index in [2.05, 4.69) is 10.0 Å². The van der Waals surface area contributed by atoms with Crippen LogP contribution in [-0.4, -0.2) is 35.2 Å². The first-order chi connectivity index (χ1) is 9.80. The van der Waals surface area contributed by atoms with Crippen LogP contribution in [0.15, 0.2) is 29.2 Å². The molecule has 0 atom stereocenters. The first-order valence-corrected chi connectivity index (χ1v) is 8.61. The van der Waals surface area contributed by atoms with E-state index in [4.69, 9.17) is 4.74 Å². The average Bonchev–Trinajstić information content (AvgIpc) is 2.44. The standard InChI is InChI=1S/C15H26N2O3S/c1-5-16-13-6-8-14(9-7-13)21(18,19)17-12-15(2,3)10-11-20-4/h6-9,16-17H,5,10-12H2,1-4H3. The second kappa shape index (κ2) is 7.77. The Hall–Kier alpha value is -1.11. The maximum Gasteiger partial charge on any atom is 0.240 e. The van der Waals surface area contributed by atoms with E-state index in [9.17, 15) is 8.42 Å². The van der Waals surface area contributed by atoms with E-state index < -0.39 is 10.0 Å². The SMILES string of the molecule is CCNc1ccc(S(=O)(=O)NCC(C)(C)CCOC)cc1. The van der Waals surface area contributed by atoms with Crippen LogP contribution in [0.3, 0.4) is 0 Å². The molecule has 0 bridgehead atoms. The summed E-state index contributed by atoms with van der Waals surface area (Å²) in [5.74, 6) is 0. The zero-order chi connectivity index (χ0) is 15.9. The molecule has 6 heteroatoms. The van der Waals surface area contributed by atoms with Crippen LogP contribution in [0.5, 0.6) is 0 Å². The monoisotopic (exact) mass is 314 g/mol. The van der Waals surface area contributed by atoms with Gasteiger partial charge in [0.2, 0.25) is 10.0 Å². The molecule has 0 heterocycles. The van der Waals surface area contributed by atoms with Gasteiger partial charge < -0.3 is 10.1 Å². The minimum absolute atomic E-state index is 0.146. The van der Waals surface area contributed by atoms with Gasteiger partial charge in [0, 0.05) is 32.5 Å². The Bertz CT molecular complexity index is 524. The lowest BCUT2D eigenvalue weighted by Gasteiger charge is -2.24. The van der Waals surface area contributed by atoms with E-state index in [1.165, 1.54) is 0 Å². The van der Waals surface area contributed by atoms with Crippen molar-refractivity contribution in [2.75, 3.05) is 32.1 Å². The number of sulfonamides is 1. The second-order valence-corrected chi connectivity index (χ2v) is 7.55. The minimum Gasteiger partial charge on any atom is -0.385 e. The molecule has 1 aromatic carbocycles. The lowest BCUT2D eigenvalue weighted by molar-refractivity contribution is 0.153. The van der Waals surface area contributed by atoms with Crippen LogP contribution >= 0.6 is 0 Å². The van der Waals surface area contributed by atoms with Gasteiger partial charge in [0.25, 0.3) is 0 Å². The first kappa shape index (κ1) is 17.9. The molecule has 5 nitrogen and oxygen atoms in total. The Labute approximate surface area is 128 Å². The smallest absolute Gasteiger partial charge is 0.240 e. The summed E-state index contributed by atoms with van der Waals surface area (Å²) < 4.78 is 32.2. The molecule has 0 unspecified atom stereocenters. The van der Waals surface area contributed by atoms with Crippen molar-refractivity contribution in [1.29, 1.82) is 0 Å².